The molecule has 3 N–H and O–H groups in total. The molecule has 108 valence electrons. The Morgan fingerprint density at radius 2 is 1.95 bits per heavy atom. The number of methoxy groups -OCH3 is 2. The van der Waals surface area contributed by atoms with Gasteiger partial charge in [-0.15, -0.1) is 0 Å². The molecule has 5 heteroatoms. The first-order valence-corrected chi connectivity index (χ1v) is 6.52. The highest BCUT2D eigenvalue weighted by Gasteiger charge is 2.00. The molecule has 0 unspecified atom stereocenters. The summed E-state index contributed by atoms with van der Waals surface area (Å²) in [7, 11) is 3.32. The van der Waals surface area contributed by atoms with Gasteiger partial charge in [0.05, 0.1) is 31.7 Å². The van der Waals surface area contributed by atoms with Crippen molar-refractivity contribution in [2.24, 2.45) is 0 Å². The second-order valence-corrected chi connectivity index (χ2v) is 4.19. The first kappa shape index (κ1) is 15.6. The molecule has 0 saturated heterocycles. The zero-order valence-corrected chi connectivity index (χ0v) is 11.8. The van der Waals surface area contributed by atoms with Crippen molar-refractivity contribution >= 4 is 11.4 Å². The van der Waals surface area contributed by atoms with Crippen LogP contribution < -0.4 is 15.8 Å². The van der Waals surface area contributed by atoms with Gasteiger partial charge in [0.1, 0.15) is 5.75 Å². The largest absolute Gasteiger partial charge is 0.497 e. The summed E-state index contributed by atoms with van der Waals surface area (Å²) in [5, 5.41) is 3.30. The molecular formula is C14H24N2O3. The summed E-state index contributed by atoms with van der Waals surface area (Å²) >= 11 is 0. The van der Waals surface area contributed by atoms with Crippen molar-refractivity contribution in [3.63, 3.8) is 0 Å². The number of nitrogen functional groups attached to an aromatic ring is 1. The van der Waals surface area contributed by atoms with Gasteiger partial charge >= 0.3 is 0 Å². The highest BCUT2D eigenvalue weighted by Crippen LogP contribution is 2.24. The fraction of sp³-hybridized carbons (Fsp3) is 0.571. The zero-order chi connectivity index (χ0) is 13.9. The number of nitrogens with two attached hydrogens (primary N) is 1. The molecule has 5 nitrogen and oxygen atoms in total. The molecule has 1 aromatic carbocycles. The maximum Gasteiger partial charge on any atom is 0.121 e. The molecule has 0 saturated carbocycles. The van der Waals surface area contributed by atoms with E-state index < -0.39 is 0 Å². The number of unbranched alkanes of at least 4 members (excludes halogenated alkanes) is 1. The van der Waals surface area contributed by atoms with E-state index >= 15 is 0 Å². The number of nitrogens with one attached hydrogen (secondary N) is 1. The second-order valence-electron chi connectivity index (χ2n) is 4.19. The standard InChI is InChI=1S/C14H24N2O3/c1-17-9-10-19-8-4-3-7-16-14-11-12(18-2)5-6-13(14)15/h5-6,11,16H,3-4,7-10,15H2,1-2H3. The van der Waals surface area contributed by atoms with Crippen LogP contribution in [0.5, 0.6) is 5.75 Å². The number of rotatable bonds is 10. The van der Waals surface area contributed by atoms with E-state index in [1.54, 1.807) is 14.2 Å². The van der Waals surface area contributed by atoms with Crippen LogP contribution in [-0.2, 0) is 9.47 Å². The lowest BCUT2D eigenvalue weighted by Gasteiger charge is -2.11. The molecule has 0 heterocycles. The molecule has 0 atom stereocenters. The smallest absolute Gasteiger partial charge is 0.121 e. The molecule has 0 aliphatic rings. The summed E-state index contributed by atoms with van der Waals surface area (Å²) in [6.45, 7) is 2.94. The zero-order valence-electron chi connectivity index (χ0n) is 11.8. The third-order valence-electron chi connectivity index (χ3n) is 2.72. The van der Waals surface area contributed by atoms with E-state index in [1.165, 1.54) is 0 Å². The van der Waals surface area contributed by atoms with E-state index in [-0.39, 0.29) is 0 Å². The summed E-state index contributed by atoms with van der Waals surface area (Å²) in [6, 6.07) is 5.60. The fourth-order valence-corrected chi connectivity index (χ4v) is 1.61. The lowest BCUT2D eigenvalue weighted by Crippen LogP contribution is -2.07. The van der Waals surface area contributed by atoms with Crippen LogP contribution >= 0.6 is 0 Å². The summed E-state index contributed by atoms with van der Waals surface area (Å²) < 4.78 is 15.5. The summed E-state index contributed by atoms with van der Waals surface area (Å²) in [4.78, 5) is 0. The highest BCUT2D eigenvalue weighted by molar-refractivity contribution is 5.68. The molecule has 0 bridgehead atoms. The van der Waals surface area contributed by atoms with E-state index in [4.69, 9.17) is 19.9 Å². The minimum atomic E-state index is 0.651. The second kappa shape index (κ2) is 9.47. The SMILES string of the molecule is COCCOCCCCNc1cc(OC)ccc1N. The van der Waals surface area contributed by atoms with Gasteiger partial charge in [0, 0.05) is 26.3 Å². The lowest BCUT2D eigenvalue weighted by atomic mass is 10.2. The van der Waals surface area contributed by atoms with Gasteiger partial charge in [0.15, 0.2) is 0 Å². The Labute approximate surface area is 115 Å². The van der Waals surface area contributed by atoms with Crippen LogP contribution in [0.15, 0.2) is 18.2 Å². The van der Waals surface area contributed by atoms with Crippen molar-refractivity contribution in [3.05, 3.63) is 18.2 Å². The monoisotopic (exact) mass is 268 g/mol. The summed E-state index contributed by atoms with van der Waals surface area (Å²) in [6.07, 6.45) is 2.05. The van der Waals surface area contributed by atoms with Crippen LogP contribution in [-0.4, -0.2) is 40.6 Å². The van der Waals surface area contributed by atoms with E-state index in [0.717, 1.165) is 43.1 Å². The van der Waals surface area contributed by atoms with Gasteiger partial charge < -0.3 is 25.3 Å². The van der Waals surface area contributed by atoms with Crippen molar-refractivity contribution in [1.29, 1.82) is 0 Å². The predicted molar refractivity (Wildman–Crippen MR) is 77.8 cm³/mol. The van der Waals surface area contributed by atoms with Gasteiger partial charge in [-0.25, -0.2) is 0 Å². The topological polar surface area (TPSA) is 65.7 Å². The average Bonchev–Trinajstić information content (AvgIpc) is 2.43. The third kappa shape index (κ3) is 6.31. The molecule has 0 aliphatic carbocycles. The first-order chi connectivity index (χ1) is 9.27. The molecule has 0 aliphatic heterocycles. The van der Waals surface area contributed by atoms with Crippen molar-refractivity contribution < 1.29 is 14.2 Å². The normalized spacial score (nSPS) is 10.4. The number of hydrogen-bond acceptors (Lipinski definition) is 5. The van der Waals surface area contributed by atoms with Crippen molar-refractivity contribution in [2.45, 2.75) is 12.8 Å². The van der Waals surface area contributed by atoms with Crippen molar-refractivity contribution in [3.8, 4) is 5.75 Å². The molecule has 0 fully saturated rings. The Kier molecular flexibility index (Phi) is 7.77. The van der Waals surface area contributed by atoms with E-state index in [1.807, 2.05) is 18.2 Å². The quantitative estimate of drug-likeness (QED) is 0.502. The van der Waals surface area contributed by atoms with E-state index in [2.05, 4.69) is 5.32 Å². The van der Waals surface area contributed by atoms with Crippen LogP contribution in [0.4, 0.5) is 11.4 Å². The number of anilines is 2. The molecule has 0 aromatic heterocycles. The molecule has 1 aromatic rings. The summed E-state index contributed by atoms with van der Waals surface area (Å²) in [5.74, 6) is 0.805. The Morgan fingerprint density at radius 3 is 2.68 bits per heavy atom. The van der Waals surface area contributed by atoms with Crippen LogP contribution in [0.2, 0.25) is 0 Å². The molecule has 0 spiro atoms. The number of ether oxygens (including phenoxy) is 3. The molecule has 19 heavy (non-hydrogen) atoms. The van der Waals surface area contributed by atoms with Crippen LogP contribution in [0.1, 0.15) is 12.8 Å². The molecule has 0 radical (unpaired) electrons. The van der Waals surface area contributed by atoms with Gasteiger partial charge in [-0.3, -0.25) is 0 Å². The van der Waals surface area contributed by atoms with Gasteiger partial charge in [-0.1, -0.05) is 0 Å². The van der Waals surface area contributed by atoms with Crippen LogP contribution in [0.3, 0.4) is 0 Å². The average molecular weight is 268 g/mol. The van der Waals surface area contributed by atoms with Crippen molar-refractivity contribution in [2.75, 3.05) is 51.6 Å². The first-order valence-electron chi connectivity index (χ1n) is 6.52. The number of benzene rings is 1. The molecule has 1 rings (SSSR count). The van der Waals surface area contributed by atoms with Crippen LogP contribution in [0, 0.1) is 0 Å². The predicted octanol–water partition coefficient (Wildman–Crippen LogP) is 2.13. The third-order valence-corrected chi connectivity index (χ3v) is 2.72. The van der Waals surface area contributed by atoms with E-state index in [9.17, 15) is 0 Å². The Morgan fingerprint density at radius 1 is 1.11 bits per heavy atom. The fourth-order valence-electron chi connectivity index (χ4n) is 1.61. The number of hydrogen-bond donors (Lipinski definition) is 2. The van der Waals surface area contributed by atoms with E-state index in [0.29, 0.717) is 13.2 Å². The highest BCUT2D eigenvalue weighted by atomic mass is 16.5. The van der Waals surface area contributed by atoms with Crippen LogP contribution in [0.25, 0.3) is 0 Å². The Balaban J connectivity index is 2.15. The van der Waals surface area contributed by atoms with Gasteiger partial charge in [-0.05, 0) is 25.0 Å². The Hall–Kier alpha value is -1.46. The van der Waals surface area contributed by atoms with Gasteiger partial charge in [-0.2, -0.15) is 0 Å². The van der Waals surface area contributed by atoms with Crippen molar-refractivity contribution in [1.82, 2.24) is 0 Å². The Bertz CT molecular complexity index is 359. The molecular weight excluding hydrogens is 244 g/mol. The maximum absolute atomic E-state index is 5.88. The maximum atomic E-state index is 5.88. The minimum Gasteiger partial charge on any atom is -0.497 e. The summed E-state index contributed by atoms with van der Waals surface area (Å²) in [5.41, 5.74) is 7.53. The van der Waals surface area contributed by atoms with Gasteiger partial charge in [0.2, 0.25) is 0 Å². The van der Waals surface area contributed by atoms with Gasteiger partial charge in [0.25, 0.3) is 0 Å². The molecule has 0 amide bonds. The minimum absolute atomic E-state index is 0.651. The lowest BCUT2D eigenvalue weighted by molar-refractivity contribution is 0.0691.